The Morgan fingerprint density at radius 1 is 1.02 bits per heavy atom. The second kappa shape index (κ2) is 13.1. The number of nitrogens with two attached hydrogens (primary N) is 1. The van der Waals surface area contributed by atoms with Gasteiger partial charge in [-0.15, -0.1) is 0 Å². The number of urea groups is 1. The predicted octanol–water partition coefficient (Wildman–Crippen LogP) is 2.61. The SMILES string of the molecule is NC(=O)Nc1ccc(O)cc1N1CC(NC2CCN(C(=O)c3ccc(Cl)cc3)CC2)[C@H](O)C1.O=C(O)C(F)(F)F. The zero-order chi connectivity index (χ0) is 29.6. The van der Waals surface area contributed by atoms with Crippen LogP contribution in [-0.4, -0.2) is 88.7 Å². The van der Waals surface area contributed by atoms with Gasteiger partial charge in [-0.1, -0.05) is 11.6 Å². The first-order chi connectivity index (χ1) is 18.7. The number of benzene rings is 2. The molecule has 2 aliphatic rings. The highest BCUT2D eigenvalue weighted by molar-refractivity contribution is 6.30. The Balaban J connectivity index is 0.000000559. The third-order valence-electron chi connectivity index (χ3n) is 6.43. The number of aliphatic carboxylic acids is 1. The van der Waals surface area contributed by atoms with Crippen LogP contribution in [0, 0.1) is 0 Å². The molecule has 218 valence electrons. The molecule has 4 rings (SSSR count). The summed E-state index contributed by atoms with van der Waals surface area (Å²) in [6, 6.07) is 10.8. The van der Waals surface area contributed by atoms with E-state index in [1.165, 1.54) is 6.07 Å². The average molecular weight is 588 g/mol. The molecule has 2 aromatic carbocycles. The maximum absolute atomic E-state index is 12.7. The third-order valence-corrected chi connectivity index (χ3v) is 6.69. The van der Waals surface area contributed by atoms with E-state index in [-0.39, 0.29) is 23.7 Å². The lowest BCUT2D eigenvalue weighted by Crippen LogP contribution is -2.50. The van der Waals surface area contributed by atoms with Crippen molar-refractivity contribution < 1.29 is 42.9 Å². The van der Waals surface area contributed by atoms with Gasteiger partial charge in [0.2, 0.25) is 0 Å². The monoisotopic (exact) mass is 587 g/mol. The molecule has 2 fully saturated rings. The summed E-state index contributed by atoms with van der Waals surface area (Å²) in [5.41, 5.74) is 6.95. The molecular weight excluding hydrogens is 559 g/mol. The molecule has 3 amide bonds. The van der Waals surface area contributed by atoms with Gasteiger partial charge in [-0.3, -0.25) is 4.79 Å². The number of nitrogens with zero attached hydrogens (tertiary/aromatic N) is 2. The standard InChI is InChI=1S/C23H28ClN5O4.C2HF3O2/c24-15-3-1-14(2-4-15)22(32)28-9-7-16(8-10-28)26-19-12-29(13-21(19)31)20-11-17(30)5-6-18(20)27-23(25)33;3-2(4,5)1(6)7/h1-6,11,16,19,21,26,30-31H,7-10,12-13H2,(H3,25,27,33);(H,6,7)/t19?,21-;/m1./s1. The first kappa shape index (κ1) is 30.8. The minimum Gasteiger partial charge on any atom is -0.508 e. The largest absolute Gasteiger partial charge is 0.508 e. The number of phenols is 1. The smallest absolute Gasteiger partial charge is 0.490 e. The highest BCUT2D eigenvalue weighted by Crippen LogP contribution is 2.33. The zero-order valence-corrected chi connectivity index (χ0v) is 21.8. The second-order valence-electron chi connectivity index (χ2n) is 9.31. The molecule has 40 heavy (non-hydrogen) atoms. The fraction of sp³-hybridized carbons (Fsp3) is 0.400. The molecule has 0 aromatic heterocycles. The summed E-state index contributed by atoms with van der Waals surface area (Å²) in [6.07, 6.45) is -4.14. The quantitative estimate of drug-likeness (QED) is 0.290. The van der Waals surface area contributed by atoms with Crippen molar-refractivity contribution in [3.8, 4) is 5.75 Å². The van der Waals surface area contributed by atoms with Gasteiger partial charge in [0.1, 0.15) is 5.75 Å². The number of nitrogens with one attached hydrogen (secondary N) is 2. The van der Waals surface area contributed by atoms with E-state index in [4.69, 9.17) is 27.2 Å². The Bertz CT molecular complexity index is 1210. The maximum Gasteiger partial charge on any atom is 0.490 e. The molecule has 0 saturated carbocycles. The van der Waals surface area contributed by atoms with Crippen molar-refractivity contribution in [3.63, 3.8) is 0 Å². The van der Waals surface area contributed by atoms with Crippen LogP contribution in [0.4, 0.5) is 29.3 Å². The number of hydrogen-bond donors (Lipinski definition) is 6. The number of β-amino-alcohol motifs (C(OH)–C–C–N with tert-alkyl or cyclic N) is 1. The number of carbonyl (C=O) groups is 3. The van der Waals surface area contributed by atoms with Crippen molar-refractivity contribution in [1.82, 2.24) is 10.2 Å². The summed E-state index contributed by atoms with van der Waals surface area (Å²) < 4.78 is 31.7. The number of rotatable bonds is 5. The summed E-state index contributed by atoms with van der Waals surface area (Å²) >= 11 is 5.91. The number of likely N-dealkylation sites (tertiary alicyclic amines) is 1. The van der Waals surface area contributed by atoms with Crippen molar-refractivity contribution in [2.45, 2.75) is 37.2 Å². The Morgan fingerprint density at radius 2 is 1.62 bits per heavy atom. The highest BCUT2D eigenvalue weighted by Gasteiger charge is 2.38. The van der Waals surface area contributed by atoms with Gasteiger partial charge < -0.3 is 41.5 Å². The van der Waals surface area contributed by atoms with Gasteiger partial charge in [-0.2, -0.15) is 13.2 Å². The van der Waals surface area contributed by atoms with Crippen LogP contribution in [0.25, 0.3) is 0 Å². The number of alkyl halides is 3. The van der Waals surface area contributed by atoms with Crippen LogP contribution in [0.1, 0.15) is 23.2 Å². The molecule has 7 N–H and O–H groups in total. The van der Waals surface area contributed by atoms with Crippen LogP contribution in [0.15, 0.2) is 42.5 Å². The average Bonchev–Trinajstić information content (AvgIpc) is 3.25. The van der Waals surface area contributed by atoms with E-state index in [1.54, 1.807) is 36.4 Å². The van der Waals surface area contributed by atoms with E-state index < -0.39 is 24.3 Å². The van der Waals surface area contributed by atoms with Gasteiger partial charge >= 0.3 is 18.2 Å². The Labute approximate surface area is 232 Å². The van der Waals surface area contributed by atoms with E-state index in [2.05, 4.69) is 10.6 Å². The number of anilines is 2. The number of carboxylic acid groups (broad SMARTS) is 1. The number of aliphatic hydroxyl groups is 1. The Morgan fingerprint density at radius 3 is 2.17 bits per heavy atom. The normalized spacial score (nSPS) is 19.5. The first-order valence-corrected chi connectivity index (χ1v) is 12.6. The van der Waals surface area contributed by atoms with Gasteiger partial charge in [-0.25, -0.2) is 9.59 Å². The van der Waals surface area contributed by atoms with Crippen LogP contribution in [0.2, 0.25) is 5.02 Å². The minimum atomic E-state index is -5.08. The number of primary amides is 1. The Hall–Kier alpha value is -3.75. The summed E-state index contributed by atoms with van der Waals surface area (Å²) in [5.74, 6) is -2.70. The summed E-state index contributed by atoms with van der Waals surface area (Å²) in [6.45, 7) is 2.11. The van der Waals surface area contributed by atoms with Crippen molar-refractivity contribution in [3.05, 3.63) is 53.1 Å². The van der Waals surface area contributed by atoms with Crippen LogP contribution >= 0.6 is 11.6 Å². The number of piperidine rings is 1. The number of amides is 3. The van der Waals surface area contributed by atoms with Crippen LogP contribution < -0.4 is 21.3 Å². The number of phenolic OH excluding ortho intramolecular Hbond substituents is 1. The van der Waals surface area contributed by atoms with Crippen LogP contribution in [0.3, 0.4) is 0 Å². The second-order valence-corrected chi connectivity index (χ2v) is 9.75. The molecule has 2 aliphatic heterocycles. The third kappa shape index (κ3) is 8.37. The van der Waals surface area contributed by atoms with E-state index in [9.17, 15) is 33.0 Å². The number of carbonyl (C=O) groups excluding carboxylic acids is 2. The molecule has 0 bridgehead atoms. The summed E-state index contributed by atoms with van der Waals surface area (Å²) in [4.78, 5) is 36.7. The van der Waals surface area contributed by atoms with Crippen molar-refractivity contribution in [1.29, 1.82) is 0 Å². The molecule has 1 unspecified atom stereocenters. The van der Waals surface area contributed by atoms with Gasteiger partial charge in [0.05, 0.1) is 23.5 Å². The molecule has 2 atom stereocenters. The predicted molar refractivity (Wildman–Crippen MR) is 141 cm³/mol. The van der Waals surface area contributed by atoms with Gasteiger partial charge in [-0.05, 0) is 49.2 Å². The number of aromatic hydroxyl groups is 1. The lowest BCUT2D eigenvalue weighted by atomic mass is 10.0. The number of aliphatic hydroxyl groups excluding tert-OH is 1. The zero-order valence-electron chi connectivity index (χ0n) is 21.1. The molecule has 11 nitrogen and oxygen atoms in total. The number of carboxylic acids is 1. The molecule has 0 aliphatic carbocycles. The fourth-order valence-corrected chi connectivity index (χ4v) is 4.62. The van der Waals surface area contributed by atoms with Crippen LogP contribution in [0.5, 0.6) is 5.75 Å². The van der Waals surface area contributed by atoms with E-state index in [1.807, 2.05) is 9.80 Å². The van der Waals surface area contributed by atoms with Crippen molar-refractivity contribution >= 4 is 40.9 Å². The molecule has 0 spiro atoms. The molecule has 2 heterocycles. The number of halogens is 4. The fourth-order valence-electron chi connectivity index (χ4n) is 4.49. The first-order valence-electron chi connectivity index (χ1n) is 12.2. The molecule has 15 heteroatoms. The number of hydrogen-bond acceptors (Lipinski definition) is 7. The Kier molecular flexibility index (Phi) is 10.1. The van der Waals surface area contributed by atoms with Gasteiger partial charge in [0.15, 0.2) is 0 Å². The van der Waals surface area contributed by atoms with E-state index >= 15 is 0 Å². The minimum absolute atomic E-state index is 0.00411. The maximum atomic E-state index is 12.7. The van der Waals surface area contributed by atoms with Crippen molar-refractivity contribution in [2.24, 2.45) is 5.73 Å². The molecule has 2 aromatic rings. The van der Waals surface area contributed by atoms with Crippen LogP contribution in [-0.2, 0) is 4.79 Å². The van der Waals surface area contributed by atoms with Gasteiger partial charge in [0, 0.05) is 48.9 Å². The summed E-state index contributed by atoms with van der Waals surface area (Å²) in [7, 11) is 0. The lowest BCUT2D eigenvalue weighted by molar-refractivity contribution is -0.192. The topological polar surface area (TPSA) is 168 Å². The summed E-state index contributed by atoms with van der Waals surface area (Å²) in [5, 5.41) is 34.4. The molecule has 0 radical (unpaired) electrons. The van der Waals surface area contributed by atoms with E-state index in [0.29, 0.717) is 48.1 Å². The van der Waals surface area contributed by atoms with E-state index in [0.717, 1.165) is 12.8 Å². The molecular formula is C25H29ClF3N5O6. The highest BCUT2D eigenvalue weighted by atomic mass is 35.5. The van der Waals surface area contributed by atoms with Crippen molar-refractivity contribution in [2.75, 3.05) is 36.4 Å². The molecule has 2 saturated heterocycles. The van der Waals surface area contributed by atoms with Gasteiger partial charge in [0.25, 0.3) is 5.91 Å². The lowest BCUT2D eigenvalue weighted by Gasteiger charge is -2.34.